The van der Waals surface area contributed by atoms with Crippen LogP contribution < -0.4 is 0 Å². The topological polar surface area (TPSA) is 38.9 Å². The van der Waals surface area contributed by atoms with Crippen molar-refractivity contribution < 1.29 is 0 Å². The minimum absolute atomic E-state index is 0.528. The Hall–Kier alpha value is -1.33. The standard InChI is InChI=1S/C15H22ClN5/c1-11-7-17-21(8-11)9-13-5-4-6-20(13)10-14-12(2)18-19(3)15(14)16/h7-8,13H,4-6,9-10H2,1-3H3/t13-/m0/s1. The molecule has 0 spiro atoms. The Balaban J connectivity index is 1.72. The summed E-state index contributed by atoms with van der Waals surface area (Å²) in [6.45, 7) is 7.06. The molecule has 3 heterocycles. The average molecular weight is 308 g/mol. The van der Waals surface area contributed by atoms with Gasteiger partial charge in [-0.25, -0.2) is 0 Å². The Bertz CT molecular complexity index is 630. The quantitative estimate of drug-likeness (QED) is 0.871. The molecule has 5 nitrogen and oxygen atoms in total. The lowest BCUT2D eigenvalue weighted by Gasteiger charge is -2.24. The number of hydrogen-bond donors (Lipinski definition) is 0. The highest BCUT2D eigenvalue weighted by molar-refractivity contribution is 6.30. The molecule has 0 unspecified atom stereocenters. The number of aromatic nitrogens is 4. The molecule has 1 aliphatic heterocycles. The van der Waals surface area contributed by atoms with E-state index >= 15 is 0 Å². The molecule has 1 fully saturated rings. The average Bonchev–Trinajstić information content (AvgIpc) is 3.09. The van der Waals surface area contributed by atoms with E-state index in [9.17, 15) is 0 Å². The minimum Gasteiger partial charge on any atom is -0.294 e. The highest BCUT2D eigenvalue weighted by atomic mass is 35.5. The maximum Gasteiger partial charge on any atom is 0.131 e. The zero-order chi connectivity index (χ0) is 15.0. The lowest BCUT2D eigenvalue weighted by Crippen LogP contribution is -2.32. The predicted octanol–water partition coefficient (Wildman–Crippen LogP) is 2.55. The van der Waals surface area contributed by atoms with Gasteiger partial charge in [0.25, 0.3) is 0 Å². The van der Waals surface area contributed by atoms with Crippen molar-refractivity contribution in [1.29, 1.82) is 0 Å². The van der Waals surface area contributed by atoms with Crippen LogP contribution >= 0.6 is 11.6 Å². The molecule has 0 aromatic carbocycles. The Morgan fingerprint density at radius 3 is 2.81 bits per heavy atom. The van der Waals surface area contributed by atoms with E-state index in [0.29, 0.717) is 6.04 Å². The molecule has 1 aliphatic rings. The van der Waals surface area contributed by atoms with Gasteiger partial charge >= 0.3 is 0 Å². The first-order valence-corrected chi connectivity index (χ1v) is 7.83. The third-order valence-corrected chi connectivity index (χ3v) is 4.76. The number of rotatable bonds is 4. The first kappa shape index (κ1) is 14.6. The third kappa shape index (κ3) is 2.99. The van der Waals surface area contributed by atoms with Gasteiger partial charge in [-0.3, -0.25) is 14.3 Å². The number of aryl methyl sites for hydroxylation is 3. The molecule has 114 valence electrons. The maximum absolute atomic E-state index is 6.36. The Labute approximate surface area is 130 Å². The van der Waals surface area contributed by atoms with E-state index in [1.807, 2.05) is 20.2 Å². The second kappa shape index (κ2) is 5.81. The number of nitrogens with zero attached hydrogens (tertiary/aromatic N) is 5. The Morgan fingerprint density at radius 1 is 1.38 bits per heavy atom. The van der Waals surface area contributed by atoms with Crippen molar-refractivity contribution in [3.63, 3.8) is 0 Å². The summed E-state index contributed by atoms with van der Waals surface area (Å²) in [5, 5.41) is 9.57. The van der Waals surface area contributed by atoms with Crippen molar-refractivity contribution in [3.8, 4) is 0 Å². The van der Waals surface area contributed by atoms with E-state index in [-0.39, 0.29) is 0 Å². The van der Waals surface area contributed by atoms with Gasteiger partial charge in [0.1, 0.15) is 5.15 Å². The molecule has 0 N–H and O–H groups in total. The molecule has 3 rings (SSSR count). The largest absolute Gasteiger partial charge is 0.294 e. The molecular weight excluding hydrogens is 286 g/mol. The fourth-order valence-electron chi connectivity index (χ4n) is 3.15. The van der Waals surface area contributed by atoms with Crippen molar-refractivity contribution in [2.45, 2.75) is 45.8 Å². The molecule has 0 bridgehead atoms. The van der Waals surface area contributed by atoms with Crippen LogP contribution in [0.1, 0.15) is 29.7 Å². The normalized spacial score (nSPS) is 19.5. The van der Waals surface area contributed by atoms with Gasteiger partial charge in [-0.15, -0.1) is 0 Å². The van der Waals surface area contributed by atoms with Gasteiger partial charge in [0.05, 0.1) is 18.4 Å². The van der Waals surface area contributed by atoms with Crippen LogP contribution in [0.4, 0.5) is 0 Å². The van der Waals surface area contributed by atoms with Gasteiger partial charge < -0.3 is 0 Å². The number of halogens is 1. The molecule has 2 aromatic rings. The van der Waals surface area contributed by atoms with Crippen molar-refractivity contribution in [1.82, 2.24) is 24.5 Å². The monoisotopic (exact) mass is 307 g/mol. The van der Waals surface area contributed by atoms with Crippen molar-refractivity contribution >= 4 is 11.6 Å². The van der Waals surface area contributed by atoms with E-state index in [1.54, 1.807) is 4.68 Å². The first-order valence-electron chi connectivity index (χ1n) is 7.45. The maximum atomic E-state index is 6.36. The zero-order valence-electron chi connectivity index (χ0n) is 12.9. The summed E-state index contributed by atoms with van der Waals surface area (Å²) >= 11 is 6.36. The Morgan fingerprint density at radius 2 is 2.19 bits per heavy atom. The first-order chi connectivity index (χ1) is 10.0. The second-order valence-electron chi connectivity index (χ2n) is 5.98. The SMILES string of the molecule is Cc1cnn(C[C@@H]2CCCN2Cc2c(C)nn(C)c2Cl)c1. The van der Waals surface area contributed by atoms with Crippen molar-refractivity contribution in [2.24, 2.45) is 7.05 Å². The van der Waals surface area contributed by atoms with Gasteiger partial charge in [0.2, 0.25) is 0 Å². The third-order valence-electron chi connectivity index (χ3n) is 4.29. The fraction of sp³-hybridized carbons (Fsp3) is 0.600. The van der Waals surface area contributed by atoms with E-state index in [4.69, 9.17) is 11.6 Å². The van der Waals surface area contributed by atoms with Gasteiger partial charge in [-0.2, -0.15) is 10.2 Å². The molecule has 6 heteroatoms. The molecule has 2 aromatic heterocycles. The molecule has 1 atom stereocenters. The van der Waals surface area contributed by atoms with Gasteiger partial charge in [0, 0.05) is 31.4 Å². The van der Waals surface area contributed by atoms with Crippen LogP contribution in [0.2, 0.25) is 5.15 Å². The fourth-order valence-corrected chi connectivity index (χ4v) is 3.38. The minimum atomic E-state index is 0.528. The van der Waals surface area contributed by atoms with Crippen LogP contribution in [0, 0.1) is 13.8 Å². The molecule has 0 saturated carbocycles. The second-order valence-corrected chi connectivity index (χ2v) is 6.34. The molecule has 21 heavy (non-hydrogen) atoms. The van der Waals surface area contributed by atoms with Crippen LogP contribution in [-0.2, 0) is 20.1 Å². The van der Waals surface area contributed by atoms with Crippen molar-refractivity contribution in [2.75, 3.05) is 6.54 Å². The predicted molar refractivity (Wildman–Crippen MR) is 83.4 cm³/mol. The summed E-state index contributed by atoms with van der Waals surface area (Å²) in [6, 6.07) is 0.528. The van der Waals surface area contributed by atoms with Gasteiger partial charge in [0.15, 0.2) is 0 Å². The van der Waals surface area contributed by atoms with E-state index in [2.05, 4.69) is 32.9 Å². The van der Waals surface area contributed by atoms with E-state index < -0.39 is 0 Å². The van der Waals surface area contributed by atoms with Crippen LogP contribution in [0.5, 0.6) is 0 Å². The summed E-state index contributed by atoms with van der Waals surface area (Å²) < 4.78 is 3.81. The van der Waals surface area contributed by atoms with Crippen LogP contribution in [0.25, 0.3) is 0 Å². The smallest absolute Gasteiger partial charge is 0.131 e. The number of hydrogen-bond acceptors (Lipinski definition) is 3. The van der Waals surface area contributed by atoms with Crippen LogP contribution in [0.15, 0.2) is 12.4 Å². The molecule has 0 radical (unpaired) electrons. The van der Waals surface area contributed by atoms with Gasteiger partial charge in [-0.1, -0.05) is 11.6 Å². The summed E-state index contributed by atoms with van der Waals surface area (Å²) in [4.78, 5) is 2.51. The zero-order valence-corrected chi connectivity index (χ0v) is 13.6. The van der Waals surface area contributed by atoms with Gasteiger partial charge in [-0.05, 0) is 38.8 Å². The van der Waals surface area contributed by atoms with E-state index in [0.717, 1.165) is 36.0 Å². The highest BCUT2D eigenvalue weighted by Gasteiger charge is 2.27. The highest BCUT2D eigenvalue weighted by Crippen LogP contribution is 2.26. The lowest BCUT2D eigenvalue weighted by molar-refractivity contribution is 0.219. The Kier molecular flexibility index (Phi) is 4.04. The van der Waals surface area contributed by atoms with Crippen LogP contribution in [-0.4, -0.2) is 37.0 Å². The molecule has 0 aliphatic carbocycles. The van der Waals surface area contributed by atoms with Crippen LogP contribution in [0.3, 0.4) is 0 Å². The van der Waals surface area contributed by atoms with Crippen molar-refractivity contribution in [3.05, 3.63) is 34.4 Å². The summed E-state index contributed by atoms with van der Waals surface area (Å²) in [5.74, 6) is 0. The molecular formula is C15H22ClN5. The summed E-state index contributed by atoms with van der Waals surface area (Å²) in [7, 11) is 1.90. The lowest BCUT2D eigenvalue weighted by atomic mass is 10.2. The summed E-state index contributed by atoms with van der Waals surface area (Å²) in [5.41, 5.74) is 3.40. The number of likely N-dealkylation sites (tertiary alicyclic amines) is 1. The summed E-state index contributed by atoms with van der Waals surface area (Å²) in [6.07, 6.45) is 6.48. The molecule has 0 amide bonds. The molecule has 1 saturated heterocycles. The van der Waals surface area contributed by atoms with E-state index in [1.165, 1.54) is 18.4 Å².